The van der Waals surface area contributed by atoms with Gasteiger partial charge in [0.2, 0.25) is 0 Å². The van der Waals surface area contributed by atoms with E-state index in [0.29, 0.717) is 5.75 Å². The fourth-order valence-corrected chi connectivity index (χ4v) is 2.93. The molecule has 0 aliphatic rings. The van der Waals surface area contributed by atoms with Crippen molar-refractivity contribution in [3.8, 4) is 0 Å². The maximum Gasteiger partial charge on any atom is 0.0883 e. The predicted molar refractivity (Wildman–Crippen MR) is 90.6 cm³/mol. The number of rotatable bonds is 8. The summed E-state index contributed by atoms with van der Waals surface area (Å²) in [7, 11) is 0. The minimum atomic E-state index is -0.415. The summed E-state index contributed by atoms with van der Waals surface area (Å²) in [5, 5.41) is 13.5. The van der Waals surface area contributed by atoms with Gasteiger partial charge >= 0.3 is 0 Å². The summed E-state index contributed by atoms with van der Waals surface area (Å²) in [6, 6.07) is 18.4. The zero-order valence-electron chi connectivity index (χ0n) is 12.5. The molecular weight excluding hydrogens is 278 g/mol. The van der Waals surface area contributed by atoms with E-state index in [1.807, 2.05) is 30.3 Å². The van der Waals surface area contributed by atoms with E-state index in [1.165, 1.54) is 10.5 Å². The van der Waals surface area contributed by atoms with Crippen LogP contribution in [0, 0.1) is 0 Å². The molecule has 0 fully saturated rings. The van der Waals surface area contributed by atoms with E-state index in [0.717, 1.165) is 25.1 Å². The second kappa shape index (κ2) is 8.88. The largest absolute Gasteiger partial charge is 0.388 e. The zero-order valence-corrected chi connectivity index (χ0v) is 13.3. The average molecular weight is 301 g/mol. The Morgan fingerprint density at radius 3 is 2.43 bits per heavy atom. The molecule has 0 spiro atoms. The summed E-state index contributed by atoms with van der Waals surface area (Å²) in [4.78, 5) is 1.20. The zero-order chi connectivity index (χ0) is 14.9. The van der Waals surface area contributed by atoms with Crippen LogP contribution in [0.25, 0.3) is 0 Å². The molecule has 2 aromatic rings. The van der Waals surface area contributed by atoms with Crippen LogP contribution in [0.5, 0.6) is 0 Å². The first-order valence-corrected chi connectivity index (χ1v) is 8.43. The third-order valence-corrected chi connectivity index (χ3v) is 4.36. The normalized spacial score (nSPS) is 12.3. The Labute approximate surface area is 131 Å². The van der Waals surface area contributed by atoms with Crippen molar-refractivity contribution in [1.29, 1.82) is 0 Å². The lowest BCUT2D eigenvalue weighted by Crippen LogP contribution is -2.13. The molecule has 1 atom stereocenters. The first-order chi connectivity index (χ1) is 10.3. The van der Waals surface area contributed by atoms with E-state index in [2.05, 4.69) is 36.5 Å². The molecule has 0 aliphatic heterocycles. The lowest BCUT2D eigenvalue weighted by atomic mass is 10.1. The highest BCUT2D eigenvalue weighted by atomic mass is 32.2. The summed E-state index contributed by atoms with van der Waals surface area (Å²) in [5.41, 5.74) is 2.28. The minimum absolute atomic E-state index is 0.415. The Morgan fingerprint density at radius 1 is 1.05 bits per heavy atom. The third kappa shape index (κ3) is 5.54. The van der Waals surface area contributed by atoms with Crippen LogP contribution >= 0.6 is 11.8 Å². The molecule has 0 saturated heterocycles. The summed E-state index contributed by atoms with van der Waals surface area (Å²) in [6.45, 7) is 4.15. The standard InChI is InChI=1S/C18H23NOS/c1-2-12-19-13-15-8-10-17(11-9-15)21-14-18(20)16-6-4-3-5-7-16/h3-11,18-20H,2,12-14H2,1H3. The van der Waals surface area contributed by atoms with E-state index < -0.39 is 6.10 Å². The number of aliphatic hydroxyl groups is 1. The summed E-state index contributed by atoms with van der Waals surface area (Å²) in [6.07, 6.45) is 0.743. The number of thioether (sulfide) groups is 1. The first-order valence-electron chi connectivity index (χ1n) is 7.45. The SMILES string of the molecule is CCCNCc1ccc(SCC(O)c2ccccc2)cc1. The summed E-state index contributed by atoms with van der Waals surface area (Å²) >= 11 is 1.69. The highest BCUT2D eigenvalue weighted by molar-refractivity contribution is 7.99. The van der Waals surface area contributed by atoms with Crippen LogP contribution in [0.15, 0.2) is 59.5 Å². The molecule has 0 amide bonds. The highest BCUT2D eigenvalue weighted by Crippen LogP contribution is 2.24. The Kier molecular flexibility index (Phi) is 6.80. The Balaban J connectivity index is 1.80. The van der Waals surface area contributed by atoms with E-state index in [1.54, 1.807) is 11.8 Å². The van der Waals surface area contributed by atoms with Crippen LogP contribution in [0.3, 0.4) is 0 Å². The molecule has 21 heavy (non-hydrogen) atoms. The van der Waals surface area contributed by atoms with Gasteiger partial charge in [-0.25, -0.2) is 0 Å². The molecule has 0 saturated carbocycles. The van der Waals surface area contributed by atoms with Crippen LogP contribution in [-0.2, 0) is 6.54 Å². The van der Waals surface area contributed by atoms with Gasteiger partial charge in [0.15, 0.2) is 0 Å². The molecule has 0 bridgehead atoms. The summed E-state index contributed by atoms with van der Waals surface area (Å²) < 4.78 is 0. The highest BCUT2D eigenvalue weighted by Gasteiger charge is 2.07. The molecule has 112 valence electrons. The van der Waals surface area contributed by atoms with Gasteiger partial charge in [-0.05, 0) is 36.2 Å². The maximum absolute atomic E-state index is 10.1. The summed E-state index contributed by atoms with van der Waals surface area (Å²) in [5.74, 6) is 0.678. The van der Waals surface area contributed by atoms with Gasteiger partial charge in [-0.2, -0.15) is 0 Å². The average Bonchev–Trinajstić information content (AvgIpc) is 2.55. The van der Waals surface area contributed by atoms with Crippen molar-refractivity contribution >= 4 is 11.8 Å². The van der Waals surface area contributed by atoms with Gasteiger partial charge in [0.05, 0.1) is 6.10 Å². The number of nitrogens with one attached hydrogen (secondary N) is 1. The quantitative estimate of drug-likeness (QED) is 0.571. The van der Waals surface area contributed by atoms with E-state index in [4.69, 9.17) is 0 Å². The van der Waals surface area contributed by atoms with Crippen molar-refractivity contribution in [2.75, 3.05) is 12.3 Å². The number of hydrogen-bond acceptors (Lipinski definition) is 3. The van der Waals surface area contributed by atoms with Gasteiger partial charge < -0.3 is 10.4 Å². The van der Waals surface area contributed by atoms with Crippen molar-refractivity contribution in [3.05, 3.63) is 65.7 Å². The van der Waals surface area contributed by atoms with Crippen molar-refractivity contribution in [2.45, 2.75) is 30.9 Å². The van der Waals surface area contributed by atoms with Gasteiger partial charge in [-0.15, -0.1) is 11.8 Å². The van der Waals surface area contributed by atoms with E-state index >= 15 is 0 Å². The Bertz CT molecular complexity index is 513. The first kappa shape index (κ1) is 16.1. The molecule has 1 unspecified atom stereocenters. The lowest BCUT2D eigenvalue weighted by molar-refractivity contribution is 0.204. The van der Waals surface area contributed by atoms with Crippen LogP contribution in [0.2, 0.25) is 0 Å². The van der Waals surface area contributed by atoms with Crippen molar-refractivity contribution in [3.63, 3.8) is 0 Å². The van der Waals surface area contributed by atoms with Gasteiger partial charge in [0.25, 0.3) is 0 Å². The van der Waals surface area contributed by atoms with Crippen LogP contribution in [-0.4, -0.2) is 17.4 Å². The molecule has 2 N–H and O–H groups in total. The second-order valence-electron chi connectivity index (χ2n) is 5.06. The molecule has 3 heteroatoms. The Hall–Kier alpha value is -1.29. The predicted octanol–water partition coefficient (Wildman–Crippen LogP) is 4.01. The van der Waals surface area contributed by atoms with Crippen molar-refractivity contribution in [1.82, 2.24) is 5.32 Å². The van der Waals surface area contributed by atoms with E-state index in [9.17, 15) is 5.11 Å². The maximum atomic E-state index is 10.1. The smallest absolute Gasteiger partial charge is 0.0883 e. The minimum Gasteiger partial charge on any atom is -0.388 e. The molecule has 2 aromatic carbocycles. The molecular formula is C18H23NOS. The molecule has 2 nitrogen and oxygen atoms in total. The molecule has 0 radical (unpaired) electrons. The van der Waals surface area contributed by atoms with Gasteiger partial charge in [-0.3, -0.25) is 0 Å². The fourth-order valence-electron chi connectivity index (χ4n) is 2.06. The van der Waals surface area contributed by atoms with Gasteiger partial charge in [0.1, 0.15) is 0 Å². The van der Waals surface area contributed by atoms with Crippen molar-refractivity contribution < 1.29 is 5.11 Å². The monoisotopic (exact) mass is 301 g/mol. The molecule has 0 aromatic heterocycles. The number of hydrogen-bond donors (Lipinski definition) is 2. The van der Waals surface area contributed by atoms with Crippen LogP contribution in [0.1, 0.15) is 30.6 Å². The van der Waals surface area contributed by atoms with Crippen LogP contribution in [0.4, 0.5) is 0 Å². The van der Waals surface area contributed by atoms with E-state index in [-0.39, 0.29) is 0 Å². The second-order valence-corrected chi connectivity index (χ2v) is 6.15. The van der Waals surface area contributed by atoms with Gasteiger partial charge in [0, 0.05) is 17.2 Å². The number of benzene rings is 2. The molecule has 0 aliphatic carbocycles. The lowest BCUT2D eigenvalue weighted by Gasteiger charge is -2.11. The number of aliphatic hydroxyl groups excluding tert-OH is 1. The third-order valence-electron chi connectivity index (χ3n) is 3.27. The topological polar surface area (TPSA) is 32.3 Å². The van der Waals surface area contributed by atoms with Crippen molar-refractivity contribution in [2.24, 2.45) is 0 Å². The Morgan fingerprint density at radius 2 is 1.76 bits per heavy atom. The van der Waals surface area contributed by atoms with Gasteiger partial charge in [-0.1, -0.05) is 49.4 Å². The molecule has 2 rings (SSSR count). The fraction of sp³-hybridized carbons (Fsp3) is 0.333. The van der Waals surface area contributed by atoms with Crippen LogP contribution < -0.4 is 5.32 Å². The molecule has 0 heterocycles.